The van der Waals surface area contributed by atoms with Crippen LogP contribution in [0.5, 0.6) is 0 Å². The van der Waals surface area contributed by atoms with E-state index >= 15 is 0 Å². The molecule has 1 unspecified atom stereocenters. The number of nitrogens with two attached hydrogens (primary N) is 1. The summed E-state index contributed by atoms with van der Waals surface area (Å²) < 4.78 is 5.35. The maximum absolute atomic E-state index is 6.09. The average Bonchev–Trinajstić information content (AvgIpc) is 2.81. The van der Waals surface area contributed by atoms with E-state index in [1.54, 1.807) is 18.0 Å². The zero-order valence-corrected chi connectivity index (χ0v) is 10.2. The molecule has 0 aliphatic rings. The molecular formula is C12H12ClNOS. The van der Waals surface area contributed by atoms with Gasteiger partial charge in [-0.1, -0.05) is 23.7 Å². The van der Waals surface area contributed by atoms with E-state index in [4.69, 9.17) is 21.8 Å². The molecule has 0 radical (unpaired) electrons. The van der Waals surface area contributed by atoms with Crippen molar-refractivity contribution < 1.29 is 4.42 Å². The normalized spacial score (nSPS) is 12.6. The molecule has 0 aliphatic carbocycles. The van der Waals surface area contributed by atoms with Gasteiger partial charge in [0.25, 0.3) is 0 Å². The molecule has 1 aromatic heterocycles. The Kier molecular flexibility index (Phi) is 3.93. The van der Waals surface area contributed by atoms with Gasteiger partial charge in [0, 0.05) is 11.4 Å². The van der Waals surface area contributed by atoms with Gasteiger partial charge in [-0.25, -0.2) is 0 Å². The lowest BCUT2D eigenvalue weighted by atomic mass is 10.3. The number of thioether (sulfide) groups is 1. The Morgan fingerprint density at radius 3 is 2.69 bits per heavy atom. The SMILES string of the molecule is NCC(Sc1ccccc1Cl)c1ccco1. The maximum atomic E-state index is 6.09. The molecule has 16 heavy (non-hydrogen) atoms. The minimum atomic E-state index is 0.106. The highest BCUT2D eigenvalue weighted by atomic mass is 35.5. The van der Waals surface area contributed by atoms with Gasteiger partial charge in [-0.05, 0) is 24.3 Å². The van der Waals surface area contributed by atoms with Crippen LogP contribution in [0.1, 0.15) is 11.0 Å². The van der Waals surface area contributed by atoms with Gasteiger partial charge in [-0.3, -0.25) is 0 Å². The van der Waals surface area contributed by atoms with Crippen molar-refractivity contribution in [3.05, 3.63) is 53.4 Å². The van der Waals surface area contributed by atoms with Gasteiger partial charge >= 0.3 is 0 Å². The fraction of sp³-hybridized carbons (Fsp3) is 0.167. The van der Waals surface area contributed by atoms with E-state index < -0.39 is 0 Å². The van der Waals surface area contributed by atoms with Crippen LogP contribution in [0.25, 0.3) is 0 Å². The Labute approximate surface area is 104 Å². The second-order valence-electron chi connectivity index (χ2n) is 3.29. The Morgan fingerprint density at radius 1 is 1.25 bits per heavy atom. The number of furan rings is 1. The first-order valence-electron chi connectivity index (χ1n) is 4.96. The topological polar surface area (TPSA) is 39.2 Å². The minimum absolute atomic E-state index is 0.106. The van der Waals surface area contributed by atoms with E-state index in [-0.39, 0.29) is 5.25 Å². The monoisotopic (exact) mass is 253 g/mol. The predicted octanol–water partition coefficient (Wildman–Crippen LogP) is 3.73. The molecule has 0 spiro atoms. The molecule has 1 heterocycles. The summed E-state index contributed by atoms with van der Waals surface area (Å²) in [5, 5.41) is 0.854. The van der Waals surface area contributed by atoms with E-state index in [0.29, 0.717) is 6.54 Å². The Balaban J connectivity index is 2.17. The number of hydrogen-bond donors (Lipinski definition) is 1. The molecule has 0 saturated heterocycles. The third kappa shape index (κ3) is 2.61. The van der Waals surface area contributed by atoms with Gasteiger partial charge in [0.15, 0.2) is 0 Å². The van der Waals surface area contributed by atoms with E-state index in [1.807, 2.05) is 36.4 Å². The summed E-state index contributed by atoms with van der Waals surface area (Å²) in [6.45, 7) is 0.517. The standard InChI is InChI=1S/C12H12ClNOS/c13-9-4-1-2-6-11(9)16-12(8-14)10-5-3-7-15-10/h1-7,12H,8,14H2. The molecule has 0 amide bonds. The zero-order valence-electron chi connectivity index (χ0n) is 8.60. The van der Waals surface area contributed by atoms with E-state index in [1.165, 1.54) is 0 Å². The van der Waals surface area contributed by atoms with E-state index in [9.17, 15) is 0 Å². The van der Waals surface area contributed by atoms with Crippen molar-refractivity contribution in [2.75, 3.05) is 6.54 Å². The fourth-order valence-electron chi connectivity index (χ4n) is 1.39. The van der Waals surface area contributed by atoms with Crippen LogP contribution in [0, 0.1) is 0 Å². The second-order valence-corrected chi connectivity index (χ2v) is 4.94. The van der Waals surface area contributed by atoms with Crippen molar-refractivity contribution >= 4 is 23.4 Å². The van der Waals surface area contributed by atoms with Crippen LogP contribution in [-0.2, 0) is 0 Å². The van der Waals surface area contributed by atoms with E-state index in [2.05, 4.69) is 0 Å². The van der Waals surface area contributed by atoms with Crippen LogP contribution in [-0.4, -0.2) is 6.54 Å². The van der Waals surface area contributed by atoms with Crippen LogP contribution in [0.15, 0.2) is 52.0 Å². The van der Waals surface area contributed by atoms with Crippen molar-refractivity contribution in [1.29, 1.82) is 0 Å². The first-order valence-corrected chi connectivity index (χ1v) is 6.21. The van der Waals surface area contributed by atoms with Crippen LogP contribution in [0.3, 0.4) is 0 Å². The predicted molar refractivity (Wildman–Crippen MR) is 67.8 cm³/mol. The smallest absolute Gasteiger partial charge is 0.118 e. The molecule has 2 aromatic rings. The number of hydrogen-bond acceptors (Lipinski definition) is 3. The highest BCUT2D eigenvalue weighted by Crippen LogP contribution is 2.37. The summed E-state index contributed by atoms with van der Waals surface area (Å²) in [6.07, 6.45) is 1.66. The van der Waals surface area contributed by atoms with Gasteiger partial charge in [0.05, 0.1) is 16.5 Å². The van der Waals surface area contributed by atoms with Crippen molar-refractivity contribution in [2.45, 2.75) is 10.1 Å². The van der Waals surface area contributed by atoms with Crippen LogP contribution in [0.2, 0.25) is 5.02 Å². The van der Waals surface area contributed by atoms with Crippen molar-refractivity contribution in [1.82, 2.24) is 0 Å². The van der Waals surface area contributed by atoms with Crippen LogP contribution < -0.4 is 5.73 Å². The highest BCUT2D eigenvalue weighted by Gasteiger charge is 2.15. The largest absolute Gasteiger partial charge is 0.468 e. The third-order valence-corrected chi connectivity index (χ3v) is 3.94. The molecule has 84 valence electrons. The zero-order chi connectivity index (χ0) is 11.4. The lowest BCUT2D eigenvalue weighted by molar-refractivity contribution is 0.507. The average molecular weight is 254 g/mol. The van der Waals surface area contributed by atoms with Gasteiger partial charge in [-0.15, -0.1) is 11.8 Å². The first-order chi connectivity index (χ1) is 7.81. The molecule has 0 fully saturated rings. The van der Waals surface area contributed by atoms with E-state index in [0.717, 1.165) is 15.7 Å². The molecule has 0 saturated carbocycles. The van der Waals surface area contributed by atoms with Crippen LogP contribution >= 0.6 is 23.4 Å². The second kappa shape index (κ2) is 5.43. The summed E-state index contributed by atoms with van der Waals surface area (Å²) in [5.41, 5.74) is 5.74. The summed E-state index contributed by atoms with van der Waals surface area (Å²) in [6, 6.07) is 11.5. The third-order valence-electron chi connectivity index (χ3n) is 2.18. The number of benzene rings is 1. The molecule has 2 N–H and O–H groups in total. The fourth-order valence-corrected chi connectivity index (χ4v) is 2.65. The van der Waals surface area contributed by atoms with Gasteiger partial charge in [0.2, 0.25) is 0 Å². The molecule has 4 heteroatoms. The van der Waals surface area contributed by atoms with Gasteiger partial charge in [-0.2, -0.15) is 0 Å². The summed E-state index contributed by atoms with van der Waals surface area (Å²) in [4.78, 5) is 1.02. The minimum Gasteiger partial charge on any atom is -0.468 e. The molecule has 0 bridgehead atoms. The van der Waals surface area contributed by atoms with Gasteiger partial charge in [0.1, 0.15) is 5.76 Å². The molecular weight excluding hydrogens is 242 g/mol. The summed E-state index contributed by atoms with van der Waals surface area (Å²) in [7, 11) is 0. The maximum Gasteiger partial charge on any atom is 0.118 e. The Bertz CT molecular complexity index is 444. The van der Waals surface area contributed by atoms with Gasteiger partial charge < -0.3 is 10.2 Å². The Hall–Kier alpha value is -0.900. The Morgan fingerprint density at radius 2 is 2.06 bits per heavy atom. The van der Waals surface area contributed by atoms with Crippen molar-refractivity contribution in [3.8, 4) is 0 Å². The summed E-state index contributed by atoms with van der Waals surface area (Å²) >= 11 is 7.72. The molecule has 1 atom stereocenters. The van der Waals surface area contributed by atoms with Crippen molar-refractivity contribution in [2.24, 2.45) is 5.73 Å². The molecule has 1 aromatic carbocycles. The number of halogens is 1. The quantitative estimate of drug-likeness (QED) is 0.844. The highest BCUT2D eigenvalue weighted by molar-refractivity contribution is 7.99. The summed E-state index contributed by atoms with van der Waals surface area (Å²) in [5.74, 6) is 0.882. The molecule has 0 aliphatic heterocycles. The van der Waals surface area contributed by atoms with Crippen molar-refractivity contribution in [3.63, 3.8) is 0 Å². The molecule has 2 nitrogen and oxygen atoms in total. The lowest BCUT2D eigenvalue weighted by Gasteiger charge is -2.12. The van der Waals surface area contributed by atoms with Crippen LogP contribution in [0.4, 0.5) is 0 Å². The lowest BCUT2D eigenvalue weighted by Crippen LogP contribution is -2.08. The molecule has 2 rings (SSSR count). The number of rotatable bonds is 4. The first kappa shape index (κ1) is 11.6.